The Morgan fingerprint density at radius 3 is 2.37 bits per heavy atom. The van der Waals surface area contributed by atoms with Crippen LogP contribution in [0.15, 0.2) is 51.4 Å². The van der Waals surface area contributed by atoms with Gasteiger partial charge in [-0.05, 0) is 58.2 Å². The van der Waals surface area contributed by atoms with Gasteiger partial charge in [-0.1, -0.05) is 35.0 Å². The zero-order valence-corrected chi connectivity index (χ0v) is 13.6. The molecule has 0 saturated carbocycles. The van der Waals surface area contributed by atoms with Crippen LogP contribution in [0.4, 0.5) is 10.1 Å². The second-order valence-corrected chi connectivity index (χ2v) is 6.06. The van der Waals surface area contributed by atoms with Crippen LogP contribution < -0.4 is 5.32 Å². The first-order valence-electron chi connectivity index (χ1n) is 6.07. The highest BCUT2D eigenvalue weighted by Gasteiger charge is 2.10. The zero-order chi connectivity index (χ0) is 13.8. The van der Waals surface area contributed by atoms with Crippen molar-refractivity contribution in [1.82, 2.24) is 0 Å². The Morgan fingerprint density at radius 2 is 1.79 bits per heavy atom. The van der Waals surface area contributed by atoms with Crippen molar-refractivity contribution in [2.45, 2.75) is 19.4 Å². The van der Waals surface area contributed by atoms with Gasteiger partial charge in [-0.2, -0.15) is 0 Å². The minimum Gasteiger partial charge on any atom is -0.378 e. The number of benzene rings is 2. The van der Waals surface area contributed by atoms with Crippen LogP contribution in [0.5, 0.6) is 0 Å². The number of halogens is 3. The lowest BCUT2D eigenvalue weighted by Gasteiger charge is -2.19. The summed E-state index contributed by atoms with van der Waals surface area (Å²) >= 11 is 6.64. The number of rotatable bonds is 4. The maximum atomic E-state index is 13.2. The van der Waals surface area contributed by atoms with Gasteiger partial charge in [-0.25, -0.2) is 4.39 Å². The van der Waals surface area contributed by atoms with E-state index in [0.717, 1.165) is 16.6 Å². The fraction of sp³-hybridized carbons (Fsp3) is 0.200. The van der Waals surface area contributed by atoms with Gasteiger partial charge in [0.1, 0.15) is 5.82 Å². The molecule has 0 spiro atoms. The molecule has 0 aliphatic heterocycles. The van der Waals surface area contributed by atoms with Crippen LogP contribution in [-0.2, 0) is 0 Å². The van der Waals surface area contributed by atoms with Crippen molar-refractivity contribution in [1.29, 1.82) is 0 Å². The van der Waals surface area contributed by atoms with Crippen LogP contribution >= 0.6 is 31.9 Å². The van der Waals surface area contributed by atoms with Crippen LogP contribution in [0.2, 0.25) is 0 Å². The molecule has 1 nitrogen and oxygen atoms in total. The predicted octanol–water partition coefficient (Wildman–Crippen LogP) is 5.91. The van der Waals surface area contributed by atoms with Crippen LogP contribution in [0.1, 0.15) is 24.9 Å². The molecule has 2 rings (SSSR count). The molecule has 0 aromatic heterocycles. The summed E-state index contributed by atoms with van der Waals surface area (Å²) < 4.78 is 14.7. The molecule has 0 fully saturated rings. The summed E-state index contributed by atoms with van der Waals surface area (Å²) in [6.07, 6.45) is 0.955. The van der Waals surface area contributed by atoms with Crippen molar-refractivity contribution in [3.8, 4) is 0 Å². The summed E-state index contributed by atoms with van der Waals surface area (Å²) in [7, 11) is 0. The molecular formula is C15H14Br2FN. The summed E-state index contributed by atoms with van der Waals surface area (Å²) in [5, 5.41) is 3.42. The molecule has 100 valence electrons. The van der Waals surface area contributed by atoms with Crippen LogP contribution in [0, 0.1) is 5.82 Å². The van der Waals surface area contributed by atoms with E-state index in [1.807, 2.05) is 12.1 Å². The number of anilines is 1. The number of hydrogen-bond acceptors (Lipinski definition) is 1. The molecule has 2 aromatic rings. The fourth-order valence-corrected chi connectivity index (χ4v) is 2.55. The Hall–Kier alpha value is -0.870. The zero-order valence-electron chi connectivity index (χ0n) is 10.5. The molecule has 0 radical (unpaired) electrons. The van der Waals surface area contributed by atoms with Gasteiger partial charge in [0.2, 0.25) is 0 Å². The lowest BCUT2D eigenvalue weighted by molar-refractivity contribution is 0.621. The van der Waals surface area contributed by atoms with E-state index in [1.165, 1.54) is 11.6 Å². The Balaban J connectivity index is 2.18. The average Bonchev–Trinajstić information content (AvgIpc) is 2.41. The van der Waals surface area contributed by atoms with Crippen molar-refractivity contribution < 1.29 is 4.39 Å². The third-order valence-electron chi connectivity index (χ3n) is 2.94. The van der Waals surface area contributed by atoms with Gasteiger partial charge in [-0.3, -0.25) is 0 Å². The lowest BCUT2D eigenvalue weighted by atomic mass is 10.0. The first-order valence-corrected chi connectivity index (χ1v) is 7.66. The van der Waals surface area contributed by atoms with E-state index in [0.29, 0.717) is 4.47 Å². The third-order valence-corrected chi connectivity index (χ3v) is 4.08. The number of nitrogens with one attached hydrogen (secondary N) is 1. The van der Waals surface area contributed by atoms with E-state index in [4.69, 9.17) is 0 Å². The van der Waals surface area contributed by atoms with Gasteiger partial charge in [0.25, 0.3) is 0 Å². The Labute approximate surface area is 129 Å². The molecule has 19 heavy (non-hydrogen) atoms. The highest BCUT2D eigenvalue weighted by atomic mass is 79.9. The standard InChI is InChI=1S/C15H14Br2FN/c1-2-15(10-3-5-11(16)6-4-10)19-12-7-8-14(18)13(17)9-12/h3-9,15,19H,2H2,1H3. The maximum absolute atomic E-state index is 13.2. The monoisotopic (exact) mass is 385 g/mol. The highest BCUT2D eigenvalue weighted by Crippen LogP contribution is 2.26. The molecule has 0 amide bonds. The summed E-state index contributed by atoms with van der Waals surface area (Å²) in [4.78, 5) is 0. The molecule has 1 atom stereocenters. The van der Waals surface area contributed by atoms with Gasteiger partial charge < -0.3 is 5.32 Å². The molecule has 2 aromatic carbocycles. The van der Waals surface area contributed by atoms with Crippen LogP contribution in [0.25, 0.3) is 0 Å². The van der Waals surface area contributed by atoms with Crippen molar-refractivity contribution in [2.75, 3.05) is 5.32 Å². The van der Waals surface area contributed by atoms with Crippen LogP contribution in [-0.4, -0.2) is 0 Å². The van der Waals surface area contributed by atoms with E-state index in [-0.39, 0.29) is 11.9 Å². The molecule has 0 aliphatic rings. The van der Waals surface area contributed by atoms with Crippen molar-refractivity contribution in [2.24, 2.45) is 0 Å². The third kappa shape index (κ3) is 3.80. The quantitative estimate of drug-likeness (QED) is 0.688. The molecule has 0 aliphatic carbocycles. The molecule has 1 unspecified atom stereocenters. The van der Waals surface area contributed by atoms with Crippen molar-refractivity contribution in [3.05, 3.63) is 62.8 Å². The largest absolute Gasteiger partial charge is 0.378 e. The Morgan fingerprint density at radius 1 is 1.11 bits per heavy atom. The first kappa shape index (κ1) is 14.5. The second-order valence-electron chi connectivity index (χ2n) is 4.29. The minimum absolute atomic E-state index is 0.213. The van der Waals surface area contributed by atoms with E-state index in [9.17, 15) is 4.39 Å². The SMILES string of the molecule is CCC(Nc1ccc(F)c(Br)c1)c1ccc(Br)cc1. The summed E-state index contributed by atoms with van der Waals surface area (Å²) in [5.74, 6) is -0.248. The summed E-state index contributed by atoms with van der Waals surface area (Å²) in [6.45, 7) is 2.12. The topological polar surface area (TPSA) is 12.0 Å². The van der Waals surface area contributed by atoms with Crippen molar-refractivity contribution in [3.63, 3.8) is 0 Å². The maximum Gasteiger partial charge on any atom is 0.137 e. The van der Waals surface area contributed by atoms with Crippen molar-refractivity contribution >= 4 is 37.5 Å². The van der Waals surface area contributed by atoms with Gasteiger partial charge in [0.05, 0.1) is 10.5 Å². The molecule has 4 heteroatoms. The molecular weight excluding hydrogens is 373 g/mol. The van der Waals surface area contributed by atoms with E-state index < -0.39 is 0 Å². The predicted molar refractivity (Wildman–Crippen MR) is 84.9 cm³/mol. The Kier molecular flexibility index (Phi) is 4.99. The average molecular weight is 387 g/mol. The highest BCUT2D eigenvalue weighted by molar-refractivity contribution is 9.10. The van der Waals surface area contributed by atoms with E-state index in [2.05, 4.69) is 56.2 Å². The molecule has 0 saturated heterocycles. The van der Waals surface area contributed by atoms with E-state index >= 15 is 0 Å². The molecule has 0 heterocycles. The summed E-state index contributed by atoms with van der Waals surface area (Å²) in [6, 6.07) is 13.4. The first-order chi connectivity index (χ1) is 9.10. The van der Waals surface area contributed by atoms with Gasteiger partial charge >= 0.3 is 0 Å². The normalized spacial score (nSPS) is 12.2. The minimum atomic E-state index is -0.248. The number of hydrogen-bond donors (Lipinski definition) is 1. The smallest absolute Gasteiger partial charge is 0.137 e. The van der Waals surface area contributed by atoms with Gasteiger partial charge in [0, 0.05) is 10.2 Å². The fourth-order valence-electron chi connectivity index (χ4n) is 1.90. The molecule has 0 bridgehead atoms. The molecule has 1 N–H and O–H groups in total. The van der Waals surface area contributed by atoms with Crippen LogP contribution in [0.3, 0.4) is 0 Å². The van der Waals surface area contributed by atoms with E-state index in [1.54, 1.807) is 12.1 Å². The second kappa shape index (κ2) is 6.53. The Bertz CT molecular complexity index is 555. The van der Waals surface area contributed by atoms with Gasteiger partial charge in [-0.15, -0.1) is 0 Å². The summed E-state index contributed by atoms with van der Waals surface area (Å²) in [5.41, 5.74) is 2.12. The van der Waals surface area contributed by atoms with Gasteiger partial charge in [0.15, 0.2) is 0 Å². The lowest BCUT2D eigenvalue weighted by Crippen LogP contribution is -2.09.